The Bertz CT molecular complexity index is 1330. The van der Waals surface area contributed by atoms with Crippen LogP contribution in [0.2, 0.25) is 0 Å². The van der Waals surface area contributed by atoms with Crippen molar-refractivity contribution in [3.05, 3.63) is 99.8 Å². The van der Waals surface area contributed by atoms with Crippen LogP contribution in [0.15, 0.2) is 82.7 Å². The molecule has 0 aliphatic rings. The summed E-state index contributed by atoms with van der Waals surface area (Å²) in [7, 11) is 0. The number of rotatable bonds is 6. The Labute approximate surface area is 191 Å². The van der Waals surface area contributed by atoms with E-state index < -0.39 is 5.25 Å². The Kier molecular flexibility index (Phi) is 6.42. The SMILES string of the molecule is Cc1ccc(Cn2c(SC(C)C(=O)Nc3ccccc3C)nc3ccccc3c2=O)cc1. The second-order valence-electron chi connectivity index (χ2n) is 7.85. The number of hydrogen-bond donors (Lipinski definition) is 1. The van der Waals surface area contributed by atoms with Gasteiger partial charge in [0.15, 0.2) is 5.16 Å². The maximum atomic E-state index is 13.3. The lowest BCUT2D eigenvalue weighted by molar-refractivity contribution is -0.115. The summed E-state index contributed by atoms with van der Waals surface area (Å²) in [4.78, 5) is 30.9. The first-order valence-corrected chi connectivity index (χ1v) is 11.4. The summed E-state index contributed by atoms with van der Waals surface area (Å²) in [6.45, 7) is 6.21. The molecule has 162 valence electrons. The summed E-state index contributed by atoms with van der Waals surface area (Å²) in [5.74, 6) is -0.131. The number of anilines is 1. The first-order chi connectivity index (χ1) is 15.4. The van der Waals surface area contributed by atoms with Gasteiger partial charge in [0.25, 0.3) is 5.56 Å². The lowest BCUT2D eigenvalue weighted by Crippen LogP contribution is -2.27. The minimum Gasteiger partial charge on any atom is -0.325 e. The molecule has 1 unspecified atom stereocenters. The van der Waals surface area contributed by atoms with E-state index in [1.807, 2.05) is 87.5 Å². The van der Waals surface area contributed by atoms with Crippen LogP contribution in [-0.2, 0) is 11.3 Å². The lowest BCUT2D eigenvalue weighted by Gasteiger charge is -2.17. The number of amides is 1. The van der Waals surface area contributed by atoms with E-state index in [4.69, 9.17) is 4.98 Å². The van der Waals surface area contributed by atoms with Crippen LogP contribution in [0, 0.1) is 13.8 Å². The van der Waals surface area contributed by atoms with Crippen molar-refractivity contribution in [3.63, 3.8) is 0 Å². The molecule has 0 radical (unpaired) electrons. The summed E-state index contributed by atoms with van der Waals surface area (Å²) in [5, 5.41) is 3.64. The van der Waals surface area contributed by atoms with E-state index in [1.54, 1.807) is 10.6 Å². The number of para-hydroxylation sites is 2. The smallest absolute Gasteiger partial charge is 0.262 e. The van der Waals surface area contributed by atoms with Crippen molar-refractivity contribution in [3.8, 4) is 0 Å². The Morgan fingerprint density at radius 1 is 1.00 bits per heavy atom. The van der Waals surface area contributed by atoms with Gasteiger partial charge in [-0.25, -0.2) is 4.98 Å². The zero-order valence-corrected chi connectivity index (χ0v) is 19.1. The normalized spacial score (nSPS) is 12.0. The number of nitrogens with zero attached hydrogens (tertiary/aromatic N) is 2. The molecule has 0 bridgehead atoms. The van der Waals surface area contributed by atoms with Gasteiger partial charge in [-0.05, 0) is 50.1 Å². The zero-order chi connectivity index (χ0) is 22.7. The molecule has 3 aromatic carbocycles. The van der Waals surface area contributed by atoms with Crippen molar-refractivity contribution >= 4 is 34.3 Å². The molecule has 5 nitrogen and oxygen atoms in total. The molecule has 0 saturated carbocycles. The van der Waals surface area contributed by atoms with Gasteiger partial charge in [-0.1, -0.05) is 71.9 Å². The Hall–Kier alpha value is -3.38. The minimum absolute atomic E-state index is 0.106. The summed E-state index contributed by atoms with van der Waals surface area (Å²) in [6, 6.07) is 23.1. The summed E-state index contributed by atoms with van der Waals surface area (Å²) < 4.78 is 1.66. The molecule has 1 aromatic heterocycles. The summed E-state index contributed by atoms with van der Waals surface area (Å²) in [6.07, 6.45) is 0. The Balaban J connectivity index is 1.67. The Morgan fingerprint density at radius 2 is 1.69 bits per heavy atom. The number of fused-ring (bicyclic) bond motifs is 1. The van der Waals surface area contributed by atoms with Crippen molar-refractivity contribution in [2.24, 2.45) is 0 Å². The second-order valence-corrected chi connectivity index (χ2v) is 9.16. The van der Waals surface area contributed by atoms with Crippen molar-refractivity contribution in [1.82, 2.24) is 9.55 Å². The fourth-order valence-corrected chi connectivity index (χ4v) is 4.32. The number of thioether (sulfide) groups is 1. The molecule has 0 aliphatic carbocycles. The van der Waals surface area contributed by atoms with Crippen LogP contribution in [0.4, 0.5) is 5.69 Å². The molecule has 0 saturated heterocycles. The van der Waals surface area contributed by atoms with Crippen molar-refractivity contribution in [2.45, 2.75) is 37.7 Å². The monoisotopic (exact) mass is 443 g/mol. The molecular formula is C26H25N3O2S. The predicted octanol–water partition coefficient (Wildman–Crippen LogP) is 5.18. The number of aromatic nitrogens is 2. The highest BCUT2D eigenvalue weighted by atomic mass is 32.2. The van der Waals surface area contributed by atoms with E-state index in [2.05, 4.69) is 5.32 Å². The van der Waals surface area contributed by atoms with Gasteiger partial charge in [0.2, 0.25) is 5.91 Å². The average molecular weight is 444 g/mol. The van der Waals surface area contributed by atoms with Gasteiger partial charge in [0.1, 0.15) is 0 Å². The van der Waals surface area contributed by atoms with Crippen LogP contribution in [0.25, 0.3) is 10.9 Å². The van der Waals surface area contributed by atoms with E-state index in [1.165, 1.54) is 11.8 Å². The molecular weight excluding hydrogens is 418 g/mol. The van der Waals surface area contributed by atoms with E-state index in [0.717, 1.165) is 22.4 Å². The maximum Gasteiger partial charge on any atom is 0.262 e. The van der Waals surface area contributed by atoms with Gasteiger partial charge in [0, 0.05) is 5.69 Å². The average Bonchev–Trinajstić information content (AvgIpc) is 2.79. The highest BCUT2D eigenvalue weighted by molar-refractivity contribution is 8.00. The number of hydrogen-bond acceptors (Lipinski definition) is 4. The molecule has 0 fully saturated rings. The first-order valence-electron chi connectivity index (χ1n) is 10.5. The molecule has 0 spiro atoms. The molecule has 1 heterocycles. The predicted molar refractivity (Wildman–Crippen MR) is 131 cm³/mol. The summed E-state index contributed by atoms with van der Waals surface area (Å²) >= 11 is 1.29. The van der Waals surface area contributed by atoms with Gasteiger partial charge in [-0.15, -0.1) is 0 Å². The third-order valence-corrected chi connectivity index (χ3v) is 6.43. The molecule has 6 heteroatoms. The quantitative estimate of drug-likeness (QED) is 0.329. The van der Waals surface area contributed by atoms with Crippen LogP contribution < -0.4 is 10.9 Å². The third-order valence-electron chi connectivity index (χ3n) is 5.34. The largest absolute Gasteiger partial charge is 0.325 e. The van der Waals surface area contributed by atoms with E-state index in [9.17, 15) is 9.59 Å². The first kappa shape index (κ1) is 21.8. The van der Waals surface area contributed by atoms with Gasteiger partial charge >= 0.3 is 0 Å². The van der Waals surface area contributed by atoms with Gasteiger partial charge in [-0.3, -0.25) is 14.2 Å². The molecule has 4 rings (SSSR count). The maximum absolute atomic E-state index is 13.3. The van der Waals surface area contributed by atoms with Crippen LogP contribution in [-0.4, -0.2) is 20.7 Å². The molecule has 0 aliphatic heterocycles. The van der Waals surface area contributed by atoms with Crippen molar-refractivity contribution in [2.75, 3.05) is 5.32 Å². The second kappa shape index (κ2) is 9.40. The fraction of sp³-hybridized carbons (Fsp3) is 0.192. The minimum atomic E-state index is -0.438. The number of carbonyl (C=O) groups excluding carboxylic acids is 1. The van der Waals surface area contributed by atoms with E-state index in [-0.39, 0.29) is 11.5 Å². The zero-order valence-electron chi connectivity index (χ0n) is 18.3. The third kappa shape index (κ3) is 4.75. The molecule has 32 heavy (non-hydrogen) atoms. The standard InChI is InChI=1S/C26H25N3O2S/c1-17-12-14-20(15-13-17)16-29-25(31)21-9-5-7-11-23(21)28-26(29)32-19(3)24(30)27-22-10-6-4-8-18(22)2/h4-15,19H,16H2,1-3H3,(H,27,30). The number of nitrogens with one attached hydrogen (secondary N) is 1. The summed E-state index contributed by atoms with van der Waals surface area (Å²) in [5.41, 5.74) is 4.48. The van der Waals surface area contributed by atoms with Gasteiger partial charge in [0.05, 0.1) is 22.7 Å². The molecule has 1 N–H and O–H groups in total. The van der Waals surface area contributed by atoms with Crippen LogP contribution in [0.3, 0.4) is 0 Å². The highest BCUT2D eigenvalue weighted by Gasteiger charge is 2.20. The number of benzene rings is 3. The van der Waals surface area contributed by atoms with E-state index >= 15 is 0 Å². The van der Waals surface area contributed by atoms with Crippen LogP contribution >= 0.6 is 11.8 Å². The number of aryl methyl sites for hydroxylation is 2. The number of carbonyl (C=O) groups is 1. The van der Waals surface area contributed by atoms with E-state index in [0.29, 0.717) is 22.6 Å². The van der Waals surface area contributed by atoms with Crippen LogP contribution in [0.1, 0.15) is 23.6 Å². The molecule has 1 atom stereocenters. The van der Waals surface area contributed by atoms with Crippen molar-refractivity contribution in [1.29, 1.82) is 0 Å². The fourth-order valence-electron chi connectivity index (χ4n) is 3.41. The highest BCUT2D eigenvalue weighted by Crippen LogP contribution is 2.25. The molecule has 4 aromatic rings. The topological polar surface area (TPSA) is 64.0 Å². The molecule has 1 amide bonds. The van der Waals surface area contributed by atoms with Gasteiger partial charge < -0.3 is 5.32 Å². The van der Waals surface area contributed by atoms with Crippen molar-refractivity contribution < 1.29 is 4.79 Å². The van der Waals surface area contributed by atoms with Crippen LogP contribution in [0.5, 0.6) is 0 Å². The lowest BCUT2D eigenvalue weighted by atomic mass is 10.1. The Morgan fingerprint density at radius 3 is 2.44 bits per heavy atom. The van der Waals surface area contributed by atoms with Gasteiger partial charge in [-0.2, -0.15) is 0 Å².